The van der Waals surface area contributed by atoms with Crippen molar-refractivity contribution < 1.29 is 14.3 Å². The third-order valence-corrected chi connectivity index (χ3v) is 6.09. The molecule has 2 fully saturated rings. The summed E-state index contributed by atoms with van der Waals surface area (Å²) < 4.78 is 9.72. The molecule has 1 aromatic heterocycles. The van der Waals surface area contributed by atoms with Gasteiger partial charge < -0.3 is 15.0 Å². The Bertz CT molecular complexity index is 840. The largest absolute Gasteiger partial charge is 0.378 e. The maximum absolute atomic E-state index is 13.2. The zero-order valence-corrected chi connectivity index (χ0v) is 16.0. The number of nitrogens with one attached hydrogen (secondary N) is 1. The van der Waals surface area contributed by atoms with Crippen LogP contribution in [0.2, 0.25) is 0 Å². The molecule has 2 aliphatic heterocycles. The van der Waals surface area contributed by atoms with Gasteiger partial charge in [-0.25, -0.2) is 0 Å². The average Bonchev–Trinajstić information content (AvgIpc) is 3.25. The number of nitrogens with zero attached hydrogens (tertiary/aromatic N) is 3. The van der Waals surface area contributed by atoms with Gasteiger partial charge in [-0.05, 0) is 23.5 Å². The van der Waals surface area contributed by atoms with Gasteiger partial charge in [0.1, 0.15) is 4.88 Å². The Balaban J connectivity index is 1.69. The number of carbonyl (C=O) groups is 2. The Morgan fingerprint density at radius 1 is 1.41 bits per heavy atom. The van der Waals surface area contributed by atoms with Crippen LogP contribution in [0, 0.1) is 0 Å². The van der Waals surface area contributed by atoms with E-state index in [1.807, 2.05) is 37.3 Å². The van der Waals surface area contributed by atoms with Crippen molar-refractivity contribution in [1.29, 1.82) is 0 Å². The van der Waals surface area contributed by atoms with Crippen molar-refractivity contribution in [3.63, 3.8) is 0 Å². The molecule has 1 aromatic carbocycles. The Hall–Kier alpha value is -2.32. The van der Waals surface area contributed by atoms with Crippen LogP contribution >= 0.6 is 11.5 Å². The van der Waals surface area contributed by atoms with E-state index in [2.05, 4.69) is 14.9 Å². The second kappa shape index (κ2) is 7.36. The molecule has 0 radical (unpaired) electrons. The highest BCUT2D eigenvalue weighted by atomic mass is 32.1. The highest BCUT2D eigenvalue weighted by Gasteiger charge is 2.51. The number of aromatic nitrogens is 2. The molecular formula is C19H22N4O3S. The van der Waals surface area contributed by atoms with E-state index < -0.39 is 5.54 Å². The first-order valence-corrected chi connectivity index (χ1v) is 9.94. The van der Waals surface area contributed by atoms with E-state index >= 15 is 0 Å². The van der Waals surface area contributed by atoms with Gasteiger partial charge in [0.25, 0.3) is 5.91 Å². The number of likely N-dealkylation sites (tertiary alicyclic amines) is 1. The third kappa shape index (κ3) is 3.35. The maximum Gasteiger partial charge on any atom is 0.267 e. The molecule has 27 heavy (non-hydrogen) atoms. The summed E-state index contributed by atoms with van der Waals surface area (Å²) in [5.74, 6) is -0.134. The highest BCUT2D eigenvalue weighted by molar-refractivity contribution is 7.08. The molecule has 142 valence electrons. The molecular weight excluding hydrogens is 364 g/mol. The van der Waals surface area contributed by atoms with Crippen LogP contribution in [0.15, 0.2) is 30.3 Å². The minimum atomic E-state index is -0.616. The molecule has 2 saturated heterocycles. The maximum atomic E-state index is 13.2. The van der Waals surface area contributed by atoms with E-state index in [1.54, 1.807) is 4.90 Å². The van der Waals surface area contributed by atoms with Gasteiger partial charge in [-0.15, -0.1) is 5.10 Å². The average molecular weight is 386 g/mol. The lowest BCUT2D eigenvalue weighted by Gasteiger charge is -2.33. The number of carbonyl (C=O) groups excluding carboxylic acids is 2. The molecule has 8 heteroatoms. The fourth-order valence-electron chi connectivity index (χ4n) is 3.99. The second-order valence-corrected chi connectivity index (χ2v) is 7.81. The van der Waals surface area contributed by atoms with E-state index in [0.29, 0.717) is 44.0 Å². The first-order chi connectivity index (χ1) is 13.1. The fraction of sp³-hybridized carbons (Fsp3) is 0.474. The summed E-state index contributed by atoms with van der Waals surface area (Å²) in [6.45, 7) is 3.70. The smallest absolute Gasteiger partial charge is 0.267 e. The van der Waals surface area contributed by atoms with Crippen molar-refractivity contribution in [2.24, 2.45) is 0 Å². The number of benzene rings is 1. The summed E-state index contributed by atoms with van der Waals surface area (Å²) >= 11 is 1.13. The number of rotatable bonds is 3. The summed E-state index contributed by atoms with van der Waals surface area (Å²) in [6, 6.07) is 10.0. The van der Waals surface area contributed by atoms with Crippen LogP contribution in [-0.4, -0.2) is 58.1 Å². The van der Waals surface area contributed by atoms with E-state index in [0.717, 1.165) is 22.8 Å². The van der Waals surface area contributed by atoms with E-state index in [1.165, 1.54) is 0 Å². The van der Waals surface area contributed by atoms with Crippen LogP contribution in [0.1, 0.15) is 40.2 Å². The van der Waals surface area contributed by atoms with Gasteiger partial charge >= 0.3 is 0 Å². The van der Waals surface area contributed by atoms with Gasteiger partial charge in [0.15, 0.2) is 0 Å². The quantitative estimate of drug-likeness (QED) is 0.866. The predicted octanol–water partition coefficient (Wildman–Crippen LogP) is 1.62. The van der Waals surface area contributed by atoms with Crippen LogP contribution in [0.3, 0.4) is 0 Å². The topological polar surface area (TPSA) is 84.4 Å². The van der Waals surface area contributed by atoms with Gasteiger partial charge in [0.2, 0.25) is 5.91 Å². The molecule has 4 rings (SSSR count). The van der Waals surface area contributed by atoms with Crippen molar-refractivity contribution in [3.05, 3.63) is 46.5 Å². The lowest BCUT2D eigenvalue weighted by atomic mass is 9.82. The van der Waals surface area contributed by atoms with Crippen molar-refractivity contribution in [2.45, 2.75) is 31.2 Å². The van der Waals surface area contributed by atoms with E-state index in [9.17, 15) is 9.59 Å². The van der Waals surface area contributed by atoms with Crippen molar-refractivity contribution in [1.82, 2.24) is 19.8 Å². The van der Waals surface area contributed by atoms with Crippen LogP contribution in [0.25, 0.3) is 0 Å². The molecule has 2 aliphatic rings. The van der Waals surface area contributed by atoms with Crippen LogP contribution in [0.4, 0.5) is 0 Å². The SMILES string of the molecule is CCc1nnsc1C(=O)N1C[C@@H](c2ccccc2)[C@@]2(COCCC(=O)N2)C1. The summed E-state index contributed by atoms with van der Waals surface area (Å²) in [7, 11) is 0. The number of hydrogen-bond donors (Lipinski definition) is 1. The molecule has 1 spiro atoms. The lowest BCUT2D eigenvalue weighted by Crippen LogP contribution is -2.55. The number of ether oxygens (including phenoxy) is 1. The van der Waals surface area contributed by atoms with Gasteiger partial charge in [0.05, 0.1) is 24.4 Å². The minimum Gasteiger partial charge on any atom is -0.378 e. The second-order valence-electron chi connectivity index (χ2n) is 7.06. The number of amides is 2. The van der Waals surface area contributed by atoms with Crippen LogP contribution < -0.4 is 5.32 Å². The zero-order valence-electron chi connectivity index (χ0n) is 15.2. The molecule has 0 aliphatic carbocycles. The van der Waals surface area contributed by atoms with Crippen LogP contribution in [-0.2, 0) is 16.0 Å². The lowest BCUT2D eigenvalue weighted by molar-refractivity contribution is -0.122. The van der Waals surface area contributed by atoms with E-state index in [-0.39, 0.29) is 17.7 Å². The van der Waals surface area contributed by atoms with E-state index in [4.69, 9.17) is 4.74 Å². The Morgan fingerprint density at radius 2 is 2.22 bits per heavy atom. The summed E-state index contributed by atoms with van der Waals surface area (Å²) in [5, 5.41) is 7.24. The molecule has 0 bridgehead atoms. The van der Waals surface area contributed by atoms with Crippen LogP contribution in [0.5, 0.6) is 0 Å². The number of aryl methyl sites for hydroxylation is 1. The summed E-state index contributed by atoms with van der Waals surface area (Å²) in [5.41, 5.74) is 1.20. The number of hydrogen-bond acceptors (Lipinski definition) is 6. The molecule has 3 heterocycles. The molecule has 7 nitrogen and oxygen atoms in total. The van der Waals surface area contributed by atoms with Gasteiger partial charge in [-0.3, -0.25) is 9.59 Å². The Kier molecular flexibility index (Phi) is 4.92. The molecule has 0 saturated carbocycles. The minimum absolute atomic E-state index is 0.0311. The van der Waals surface area contributed by atoms with Crippen molar-refractivity contribution in [3.8, 4) is 0 Å². The molecule has 2 amide bonds. The normalized spacial score (nSPS) is 25.4. The molecule has 2 aromatic rings. The standard InChI is InChI=1S/C19H22N4O3S/c1-2-15-17(27-22-21-15)18(25)23-10-14(13-6-4-3-5-7-13)19(11-23)12-26-9-8-16(24)20-19/h3-7,14H,2,8-12H2,1H3,(H,20,24)/t14-,19-/m0/s1. The Labute approximate surface area is 161 Å². The van der Waals surface area contributed by atoms with Gasteiger partial charge in [-0.2, -0.15) is 0 Å². The monoisotopic (exact) mass is 386 g/mol. The highest BCUT2D eigenvalue weighted by Crippen LogP contribution is 2.38. The van der Waals surface area contributed by atoms with Gasteiger partial charge in [0, 0.05) is 25.4 Å². The summed E-state index contributed by atoms with van der Waals surface area (Å²) in [6.07, 6.45) is 1.01. The molecule has 0 unspecified atom stereocenters. The predicted molar refractivity (Wildman–Crippen MR) is 101 cm³/mol. The fourth-order valence-corrected chi connectivity index (χ4v) is 4.71. The Morgan fingerprint density at radius 3 is 3.00 bits per heavy atom. The first kappa shape index (κ1) is 18.1. The van der Waals surface area contributed by atoms with Crippen molar-refractivity contribution >= 4 is 23.3 Å². The third-order valence-electron chi connectivity index (χ3n) is 5.34. The molecule has 2 atom stereocenters. The molecule has 1 N–H and O–H groups in total. The van der Waals surface area contributed by atoms with Gasteiger partial charge in [-0.1, -0.05) is 41.7 Å². The summed E-state index contributed by atoms with van der Waals surface area (Å²) in [4.78, 5) is 27.9. The first-order valence-electron chi connectivity index (χ1n) is 9.17. The van der Waals surface area contributed by atoms with Crippen molar-refractivity contribution in [2.75, 3.05) is 26.3 Å². The zero-order chi connectivity index (χ0) is 18.9.